The van der Waals surface area contributed by atoms with E-state index < -0.39 is 0 Å². The van der Waals surface area contributed by atoms with Crippen LogP contribution in [-0.2, 0) is 0 Å². The van der Waals surface area contributed by atoms with E-state index in [9.17, 15) is 4.39 Å². The summed E-state index contributed by atoms with van der Waals surface area (Å²) in [6.45, 7) is 13.5. The van der Waals surface area contributed by atoms with Crippen molar-refractivity contribution in [1.29, 1.82) is 0 Å². The number of halogens is 3. The van der Waals surface area contributed by atoms with Crippen LogP contribution in [0.4, 0.5) is 15.8 Å². The standard InChI is InChI=1S/C23H28ClN3S.C21H23ClFN3O/c1-18-6-4-7-20(24)23(18)28-17-3-2-12-26-13-15-27(16-14-26)22-9-5-8-21-19(22)10-11-25-21;22-18-15-16(23)5-6-21(18)27-14-2-9-25-10-12-26(13-11-25)20-4-1-3-19-17(20)7-8-24-19/h4-11,25H,2-3,12-17H2,1H3;1,3-8,15,24H,2,9-14H2. The predicted octanol–water partition coefficient (Wildman–Crippen LogP) is 10.4. The Morgan fingerprint density at radius 2 is 1.24 bits per heavy atom. The number of rotatable bonds is 13. The van der Waals surface area contributed by atoms with Crippen molar-refractivity contribution in [1.82, 2.24) is 19.8 Å². The van der Waals surface area contributed by atoms with Crippen LogP contribution in [0.15, 0.2) is 102 Å². The fourth-order valence-corrected chi connectivity index (χ4v) is 9.25. The number of hydrogen-bond acceptors (Lipinski definition) is 6. The molecule has 2 aliphatic rings. The number of unbranched alkanes of at least 4 members (excludes halogenated alkanes) is 1. The van der Waals surface area contributed by atoms with Gasteiger partial charge < -0.3 is 24.5 Å². The van der Waals surface area contributed by atoms with Crippen LogP contribution in [0.3, 0.4) is 0 Å². The average molecular weight is 802 g/mol. The SMILES string of the molecule is Cc1cccc(Cl)c1SCCCCN1CCN(c2cccc3[nH]ccc23)CC1.Fc1ccc(OCCCN2CCN(c3cccc4[nH]ccc34)CC2)c(Cl)c1. The highest BCUT2D eigenvalue weighted by molar-refractivity contribution is 7.99. The molecule has 55 heavy (non-hydrogen) atoms. The normalized spacial score (nSPS) is 15.4. The summed E-state index contributed by atoms with van der Waals surface area (Å²) in [6, 6.07) is 27.7. The highest BCUT2D eigenvalue weighted by Gasteiger charge is 2.20. The highest BCUT2D eigenvalue weighted by atomic mass is 35.5. The number of H-pyrrole nitrogens is 2. The lowest BCUT2D eigenvalue weighted by molar-refractivity contribution is 0.225. The van der Waals surface area contributed by atoms with Gasteiger partial charge in [-0.2, -0.15) is 0 Å². The monoisotopic (exact) mass is 800 g/mol. The maximum atomic E-state index is 13.0. The average Bonchev–Trinajstić information content (AvgIpc) is 3.89. The number of anilines is 2. The van der Waals surface area contributed by atoms with Gasteiger partial charge in [0.05, 0.1) is 16.7 Å². The molecule has 7 nitrogen and oxygen atoms in total. The first-order valence-electron chi connectivity index (χ1n) is 19.5. The summed E-state index contributed by atoms with van der Waals surface area (Å²) in [6.07, 6.45) is 7.44. The van der Waals surface area contributed by atoms with Crippen LogP contribution in [0.2, 0.25) is 10.0 Å². The van der Waals surface area contributed by atoms with Crippen LogP contribution in [0.1, 0.15) is 24.8 Å². The number of aryl methyl sites for hydroxylation is 1. The molecule has 2 fully saturated rings. The Morgan fingerprint density at radius 1 is 0.655 bits per heavy atom. The first-order valence-corrected chi connectivity index (χ1v) is 21.2. The van der Waals surface area contributed by atoms with Gasteiger partial charge in [-0.3, -0.25) is 9.80 Å². The minimum atomic E-state index is -0.347. The topological polar surface area (TPSA) is 53.8 Å². The molecular formula is C44H51Cl2FN6OS. The molecule has 6 aromatic rings. The number of piperazine rings is 2. The molecule has 4 heterocycles. The van der Waals surface area contributed by atoms with Crippen LogP contribution in [-0.4, -0.2) is 97.6 Å². The third kappa shape index (κ3) is 10.3. The van der Waals surface area contributed by atoms with E-state index in [1.807, 2.05) is 36.3 Å². The summed E-state index contributed by atoms with van der Waals surface area (Å²) in [4.78, 5) is 17.9. The number of aromatic nitrogens is 2. The van der Waals surface area contributed by atoms with Crippen molar-refractivity contribution < 1.29 is 9.13 Å². The molecule has 2 saturated heterocycles. The van der Waals surface area contributed by atoms with Gasteiger partial charge in [0.25, 0.3) is 0 Å². The minimum Gasteiger partial charge on any atom is -0.492 e. The lowest BCUT2D eigenvalue weighted by Gasteiger charge is -2.36. The number of aromatic amines is 2. The molecule has 8 rings (SSSR count). The van der Waals surface area contributed by atoms with Gasteiger partial charge in [-0.1, -0.05) is 47.5 Å². The quantitative estimate of drug-likeness (QED) is 0.0896. The van der Waals surface area contributed by atoms with E-state index in [1.54, 1.807) is 6.07 Å². The summed E-state index contributed by atoms with van der Waals surface area (Å²) in [7, 11) is 0. The van der Waals surface area contributed by atoms with Crippen molar-refractivity contribution in [2.24, 2.45) is 0 Å². The molecule has 0 aliphatic carbocycles. The number of nitrogens with zero attached hydrogens (tertiary/aromatic N) is 4. The van der Waals surface area contributed by atoms with Crippen LogP contribution >= 0.6 is 35.0 Å². The number of thioether (sulfide) groups is 1. The van der Waals surface area contributed by atoms with E-state index in [4.69, 9.17) is 27.9 Å². The zero-order valence-corrected chi connectivity index (χ0v) is 33.9. The zero-order chi connectivity index (χ0) is 38.0. The van der Waals surface area contributed by atoms with Gasteiger partial charge >= 0.3 is 0 Å². The second-order valence-electron chi connectivity index (χ2n) is 14.3. The Balaban J connectivity index is 0.000000169. The molecule has 0 bridgehead atoms. The highest BCUT2D eigenvalue weighted by Crippen LogP contribution is 2.32. The molecule has 2 aliphatic heterocycles. The summed E-state index contributed by atoms with van der Waals surface area (Å²) in [5.41, 5.74) is 6.37. The van der Waals surface area contributed by atoms with E-state index in [0.717, 1.165) is 76.1 Å². The lowest BCUT2D eigenvalue weighted by atomic mass is 10.1. The molecule has 0 saturated carbocycles. The molecule has 0 spiro atoms. The Kier molecular flexibility index (Phi) is 13.8. The number of nitrogens with one attached hydrogen (secondary N) is 2. The molecule has 11 heteroatoms. The van der Waals surface area contributed by atoms with Crippen molar-refractivity contribution in [3.8, 4) is 5.75 Å². The molecule has 0 atom stereocenters. The van der Waals surface area contributed by atoms with E-state index in [0.29, 0.717) is 17.4 Å². The smallest absolute Gasteiger partial charge is 0.138 e. The second kappa shape index (κ2) is 19.3. The van der Waals surface area contributed by atoms with Crippen molar-refractivity contribution >= 4 is 68.1 Å². The summed E-state index contributed by atoms with van der Waals surface area (Å²) in [5.74, 6) is 1.34. The number of fused-ring (bicyclic) bond motifs is 2. The Labute approximate surface area is 338 Å². The molecule has 290 valence electrons. The fourth-order valence-electron chi connectivity index (χ4n) is 7.59. The van der Waals surface area contributed by atoms with E-state index in [1.165, 1.54) is 75.2 Å². The van der Waals surface area contributed by atoms with Crippen molar-refractivity contribution in [2.45, 2.75) is 31.1 Å². The number of ether oxygens (including phenoxy) is 1. The van der Waals surface area contributed by atoms with E-state index >= 15 is 0 Å². The first kappa shape index (κ1) is 39.4. The van der Waals surface area contributed by atoms with Gasteiger partial charge in [0.1, 0.15) is 11.6 Å². The van der Waals surface area contributed by atoms with E-state index in [2.05, 4.69) is 91.1 Å². The summed E-state index contributed by atoms with van der Waals surface area (Å²) in [5, 5.41) is 3.83. The predicted molar refractivity (Wildman–Crippen MR) is 232 cm³/mol. The number of benzene rings is 4. The molecule has 2 aromatic heterocycles. The maximum absolute atomic E-state index is 13.0. The lowest BCUT2D eigenvalue weighted by Crippen LogP contribution is -2.46. The first-order chi connectivity index (χ1) is 26.9. The largest absolute Gasteiger partial charge is 0.492 e. The van der Waals surface area contributed by atoms with Gasteiger partial charge in [0, 0.05) is 109 Å². The van der Waals surface area contributed by atoms with Gasteiger partial charge in [0.15, 0.2) is 0 Å². The van der Waals surface area contributed by atoms with Gasteiger partial charge in [-0.05, 0) is 105 Å². The summed E-state index contributed by atoms with van der Waals surface area (Å²) >= 11 is 14.2. The minimum absolute atomic E-state index is 0.322. The van der Waals surface area contributed by atoms with E-state index in [-0.39, 0.29) is 5.82 Å². The summed E-state index contributed by atoms with van der Waals surface area (Å²) < 4.78 is 18.7. The van der Waals surface area contributed by atoms with Crippen molar-refractivity contribution in [3.63, 3.8) is 0 Å². The number of hydrogen-bond donors (Lipinski definition) is 2. The third-order valence-corrected chi connectivity index (χ3v) is 12.7. The van der Waals surface area contributed by atoms with Gasteiger partial charge in [-0.15, -0.1) is 11.8 Å². The Hall–Kier alpha value is -3.86. The van der Waals surface area contributed by atoms with Crippen LogP contribution < -0.4 is 14.5 Å². The molecule has 0 radical (unpaired) electrons. The Bertz CT molecular complexity index is 2100. The van der Waals surface area contributed by atoms with Crippen molar-refractivity contribution in [3.05, 3.63) is 119 Å². The molecule has 0 amide bonds. The molecule has 4 aromatic carbocycles. The second-order valence-corrected chi connectivity index (χ2v) is 16.2. The fraction of sp³-hybridized carbons (Fsp3) is 0.364. The van der Waals surface area contributed by atoms with Gasteiger partial charge in [-0.25, -0.2) is 4.39 Å². The van der Waals surface area contributed by atoms with Crippen molar-refractivity contribution in [2.75, 3.05) is 87.6 Å². The molecule has 0 unspecified atom stereocenters. The van der Waals surface area contributed by atoms with Gasteiger partial charge in [0.2, 0.25) is 0 Å². The van der Waals surface area contributed by atoms with Crippen LogP contribution in [0.25, 0.3) is 21.8 Å². The zero-order valence-electron chi connectivity index (χ0n) is 31.6. The Morgan fingerprint density at radius 3 is 1.82 bits per heavy atom. The molecular weight excluding hydrogens is 750 g/mol. The molecule has 2 N–H and O–H groups in total. The van der Waals surface area contributed by atoms with Crippen LogP contribution in [0, 0.1) is 12.7 Å². The maximum Gasteiger partial charge on any atom is 0.138 e. The third-order valence-electron chi connectivity index (χ3n) is 10.6. The van der Waals surface area contributed by atoms with Crippen LogP contribution in [0.5, 0.6) is 5.75 Å².